The van der Waals surface area contributed by atoms with E-state index < -0.39 is 0 Å². The van der Waals surface area contributed by atoms with Crippen molar-refractivity contribution < 1.29 is 4.79 Å². The highest BCUT2D eigenvalue weighted by molar-refractivity contribution is 7.14. The SMILES string of the molecule is CCCc1ccc(-c2csc(NC(=O)c3cccc(C#N)c3)n2)cc1. The van der Waals surface area contributed by atoms with E-state index in [1.165, 1.54) is 16.9 Å². The number of amides is 1. The van der Waals surface area contributed by atoms with Crippen molar-refractivity contribution in [2.45, 2.75) is 19.8 Å². The molecule has 0 unspecified atom stereocenters. The van der Waals surface area contributed by atoms with Crippen LogP contribution in [0.3, 0.4) is 0 Å². The van der Waals surface area contributed by atoms with E-state index >= 15 is 0 Å². The fraction of sp³-hybridized carbons (Fsp3) is 0.150. The van der Waals surface area contributed by atoms with Gasteiger partial charge in [0.2, 0.25) is 0 Å². The number of carbonyl (C=O) groups excluding carboxylic acids is 1. The number of nitriles is 1. The molecule has 1 heterocycles. The molecule has 1 N–H and O–H groups in total. The molecule has 0 atom stereocenters. The topological polar surface area (TPSA) is 65.8 Å². The van der Waals surface area contributed by atoms with Gasteiger partial charge in [0, 0.05) is 16.5 Å². The van der Waals surface area contributed by atoms with Crippen LogP contribution < -0.4 is 5.32 Å². The van der Waals surface area contributed by atoms with Crippen LogP contribution in [-0.2, 0) is 6.42 Å². The van der Waals surface area contributed by atoms with Gasteiger partial charge in [-0.25, -0.2) is 4.98 Å². The molecule has 3 aromatic rings. The fourth-order valence-corrected chi connectivity index (χ4v) is 3.21. The van der Waals surface area contributed by atoms with Crippen molar-refractivity contribution in [2.24, 2.45) is 0 Å². The summed E-state index contributed by atoms with van der Waals surface area (Å²) in [6.45, 7) is 2.16. The van der Waals surface area contributed by atoms with Gasteiger partial charge in [-0.1, -0.05) is 43.7 Å². The van der Waals surface area contributed by atoms with Crippen LogP contribution in [0.5, 0.6) is 0 Å². The predicted octanol–water partition coefficient (Wildman–Crippen LogP) is 4.89. The van der Waals surface area contributed by atoms with E-state index in [-0.39, 0.29) is 5.91 Å². The number of nitrogens with zero attached hydrogens (tertiary/aromatic N) is 2. The molecular formula is C20H17N3OS. The van der Waals surface area contributed by atoms with Gasteiger partial charge in [0.05, 0.1) is 17.3 Å². The lowest BCUT2D eigenvalue weighted by Gasteiger charge is -2.02. The highest BCUT2D eigenvalue weighted by Gasteiger charge is 2.10. The Labute approximate surface area is 150 Å². The molecule has 0 aliphatic rings. The molecule has 0 radical (unpaired) electrons. The summed E-state index contributed by atoms with van der Waals surface area (Å²) in [7, 11) is 0. The second-order valence-corrected chi connectivity index (χ2v) is 6.49. The van der Waals surface area contributed by atoms with E-state index in [4.69, 9.17) is 5.26 Å². The first-order valence-corrected chi connectivity index (χ1v) is 8.94. The van der Waals surface area contributed by atoms with Gasteiger partial charge in [-0.3, -0.25) is 10.1 Å². The van der Waals surface area contributed by atoms with Crippen molar-refractivity contribution in [1.82, 2.24) is 4.98 Å². The highest BCUT2D eigenvalue weighted by atomic mass is 32.1. The monoisotopic (exact) mass is 347 g/mol. The standard InChI is InChI=1S/C20H17N3OS/c1-2-4-14-7-9-16(10-8-14)18-13-25-20(22-18)23-19(24)17-6-3-5-15(11-17)12-21/h3,5-11,13H,2,4H2,1H3,(H,22,23,24). The Balaban J connectivity index is 1.73. The summed E-state index contributed by atoms with van der Waals surface area (Å²) in [4.78, 5) is 16.8. The Morgan fingerprint density at radius 1 is 1.24 bits per heavy atom. The maximum Gasteiger partial charge on any atom is 0.257 e. The number of thiazole rings is 1. The minimum atomic E-state index is -0.267. The summed E-state index contributed by atoms with van der Waals surface area (Å²) in [5.41, 5.74) is 4.09. The number of anilines is 1. The second kappa shape index (κ2) is 7.73. The molecule has 1 aromatic heterocycles. The van der Waals surface area contributed by atoms with Crippen molar-refractivity contribution in [3.8, 4) is 17.3 Å². The maximum absolute atomic E-state index is 12.3. The molecule has 0 aliphatic heterocycles. The number of aryl methyl sites for hydroxylation is 1. The number of hydrogen-bond donors (Lipinski definition) is 1. The van der Waals surface area contributed by atoms with Crippen LogP contribution in [0.2, 0.25) is 0 Å². The quantitative estimate of drug-likeness (QED) is 0.715. The summed E-state index contributed by atoms with van der Waals surface area (Å²) in [6.07, 6.45) is 2.19. The van der Waals surface area contributed by atoms with Crippen molar-refractivity contribution in [3.05, 3.63) is 70.6 Å². The van der Waals surface area contributed by atoms with Crippen LogP contribution in [0.1, 0.15) is 34.8 Å². The first-order chi connectivity index (χ1) is 12.2. The number of rotatable bonds is 5. The van der Waals surface area contributed by atoms with Gasteiger partial charge in [0.25, 0.3) is 5.91 Å². The van der Waals surface area contributed by atoms with Crippen LogP contribution in [0, 0.1) is 11.3 Å². The number of nitrogens with one attached hydrogen (secondary N) is 1. The van der Waals surface area contributed by atoms with Crippen LogP contribution in [0.25, 0.3) is 11.3 Å². The van der Waals surface area contributed by atoms with E-state index in [1.807, 2.05) is 11.4 Å². The van der Waals surface area contributed by atoms with Crippen molar-refractivity contribution in [1.29, 1.82) is 5.26 Å². The third kappa shape index (κ3) is 4.11. The normalized spacial score (nSPS) is 10.2. The van der Waals surface area contributed by atoms with Crippen LogP contribution in [0.4, 0.5) is 5.13 Å². The van der Waals surface area contributed by atoms with Crippen molar-refractivity contribution >= 4 is 22.4 Å². The molecule has 124 valence electrons. The summed E-state index contributed by atoms with van der Waals surface area (Å²) in [6, 6.07) is 17.0. The average molecular weight is 347 g/mol. The van der Waals surface area contributed by atoms with Crippen molar-refractivity contribution in [2.75, 3.05) is 5.32 Å². The molecule has 2 aromatic carbocycles. The zero-order valence-electron chi connectivity index (χ0n) is 13.8. The first-order valence-electron chi connectivity index (χ1n) is 8.06. The minimum absolute atomic E-state index is 0.267. The van der Waals surface area contributed by atoms with Crippen molar-refractivity contribution in [3.63, 3.8) is 0 Å². The number of carbonyl (C=O) groups is 1. The molecule has 5 heteroatoms. The molecule has 25 heavy (non-hydrogen) atoms. The first kappa shape index (κ1) is 16.9. The van der Waals surface area contributed by atoms with Crippen LogP contribution in [-0.4, -0.2) is 10.9 Å². The molecule has 3 rings (SSSR count). The van der Waals surface area contributed by atoms with Gasteiger partial charge >= 0.3 is 0 Å². The molecule has 4 nitrogen and oxygen atoms in total. The number of benzene rings is 2. The van der Waals surface area contributed by atoms with E-state index in [9.17, 15) is 4.79 Å². The molecular weight excluding hydrogens is 330 g/mol. The highest BCUT2D eigenvalue weighted by Crippen LogP contribution is 2.25. The van der Waals surface area contributed by atoms with Crippen LogP contribution >= 0.6 is 11.3 Å². The lowest BCUT2D eigenvalue weighted by Crippen LogP contribution is -2.11. The summed E-state index contributed by atoms with van der Waals surface area (Å²) >= 11 is 1.38. The van der Waals surface area contributed by atoms with Crippen LogP contribution in [0.15, 0.2) is 53.9 Å². The van der Waals surface area contributed by atoms with Gasteiger partial charge in [-0.15, -0.1) is 11.3 Å². The Hall–Kier alpha value is -2.97. The molecule has 0 saturated heterocycles. The Bertz CT molecular complexity index is 923. The smallest absolute Gasteiger partial charge is 0.257 e. The zero-order valence-corrected chi connectivity index (χ0v) is 14.6. The summed E-state index contributed by atoms with van der Waals surface area (Å²) < 4.78 is 0. The fourth-order valence-electron chi connectivity index (χ4n) is 2.49. The summed E-state index contributed by atoms with van der Waals surface area (Å²) in [5.74, 6) is -0.267. The average Bonchev–Trinajstić information content (AvgIpc) is 3.11. The van der Waals surface area contributed by atoms with Gasteiger partial charge in [0.15, 0.2) is 5.13 Å². The van der Waals surface area contributed by atoms with Gasteiger partial charge < -0.3 is 0 Å². The maximum atomic E-state index is 12.3. The molecule has 0 saturated carbocycles. The van der Waals surface area contributed by atoms with E-state index in [1.54, 1.807) is 24.3 Å². The molecule has 1 amide bonds. The second-order valence-electron chi connectivity index (χ2n) is 5.63. The van der Waals surface area contributed by atoms with E-state index in [2.05, 4.69) is 41.5 Å². The summed E-state index contributed by atoms with van der Waals surface area (Å²) in [5, 5.41) is 14.2. The Morgan fingerprint density at radius 3 is 2.76 bits per heavy atom. The minimum Gasteiger partial charge on any atom is -0.298 e. The zero-order chi connectivity index (χ0) is 17.6. The Kier molecular flexibility index (Phi) is 5.22. The predicted molar refractivity (Wildman–Crippen MR) is 101 cm³/mol. The lowest BCUT2D eigenvalue weighted by molar-refractivity contribution is 0.102. The van der Waals surface area contributed by atoms with E-state index in [0.717, 1.165) is 24.1 Å². The number of aromatic nitrogens is 1. The van der Waals surface area contributed by atoms with E-state index in [0.29, 0.717) is 16.3 Å². The third-order valence-electron chi connectivity index (χ3n) is 3.77. The van der Waals surface area contributed by atoms with Gasteiger partial charge in [0.1, 0.15) is 0 Å². The molecule has 0 fully saturated rings. The van der Waals surface area contributed by atoms with Gasteiger partial charge in [-0.2, -0.15) is 5.26 Å². The Morgan fingerprint density at radius 2 is 2.04 bits per heavy atom. The molecule has 0 aliphatic carbocycles. The number of hydrogen-bond acceptors (Lipinski definition) is 4. The van der Waals surface area contributed by atoms with Gasteiger partial charge in [-0.05, 0) is 30.2 Å². The lowest BCUT2D eigenvalue weighted by atomic mass is 10.1. The largest absolute Gasteiger partial charge is 0.298 e. The molecule has 0 spiro atoms. The molecule has 0 bridgehead atoms. The third-order valence-corrected chi connectivity index (χ3v) is 4.52.